The number of imide groups is 1. The first-order valence-electron chi connectivity index (χ1n) is 8.69. The van der Waals surface area contributed by atoms with Crippen LogP contribution in [0.2, 0.25) is 0 Å². The molecule has 4 amide bonds. The standard InChI is InChI=1S/C18H26N4O3/c1-12(20-15-10-6-7-13(11-15)17(24)19-2)16(23)22-18(25)21-14-8-4-3-5-9-14/h6-7,10-12,14,20H,3-5,8-9H2,1-2H3,(H,19,24)(H2,21,22,23,25). The average Bonchev–Trinajstić information content (AvgIpc) is 2.61. The summed E-state index contributed by atoms with van der Waals surface area (Å²) in [6.07, 6.45) is 5.34. The van der Waals surface area contributed by atoms with Crippen LogP contribution in [0.15, 0.2) is 24.3 Å². The van der Waals surface area contributed by atoms with Crippen LogP contribution in [-0.2, 0) is 4.79 Å². The molecule has 0 spiro atoms. The molecule has 1 saturated carbocycles. The molecule has 1 unspecified atom stereocenters. The van der Waals surface area contributed by atoms with E-state index in [9.17, 15) is 14.4 Å². The monoisotopic (exact) mass is 346 g/mol. The lowest BCUT2D eigenvalue weighted by molar-refractivity contribution is -0.120. The Morgan fingerprint density at radius 3 is 2.52 bits per heavy atom. The smallest absolute Gasteiger partial charge is 0.321 e. The number of amides is 4. The second-order valence-corrected chi connectivity index (χ2v) is 6.32. The Kier molecular flexibility index (Phi) is 6.80. The van der Waals surface area contributed by atoms with Gasteiger partial charge in [0, 0.05) is 24.3 Å². The highest BCUT2D eigenvalue weighted by atomic mass is 16.2. The topological polar surface area (TPSA) is 99.3 Å². The first-order valence-corrected chi connectivity index (χ1v) is 8.69. The Morgan fingerprint density at radius 2 is 1.84 bits per heavy atom. The predicted octanol–water partition coefficient (Wildman–Crippen LogP) is 2.01. The van der Waals surface area contributed by atoms with E-state index >= 15 is 0 Å². The highest BCUT2D eigenvalue weighted by molar-refractivity contribution is 5.98. The largest absolute Gasteiger partial charge is 0.374 e. The maximum absolute atomic E-state index is 12.2. The van der Waals surface area contributed by atoms with Gasteiger partial charge in [0.15, 0.2) is 0 Å². The lowest BCUT2D eigenvalue weighted by Gasteiger charge is -2.23. The van der Waals surface area contributed by atoms with Gasteiger partial charge in [-0.15, -0.1) is 0 Å². The molecule has 0 aliphatic heterocycles. The van der Waals surface area contributed by atoms with Gasteiger partial charge < -0.3 is 16.0 Å². The summed E-state index contributed by atoms with van der Waals surface area (Å²) in [6.45, 7) is 1.66. The number of benzene rings is 1. The molecule has 0 bridgehead atoms. The van der Waals surface area contributed by atoms with E-state index in [-0.39, 0.29) is 11.9 Å². The molecule has 1 aliphatic carbocycles. The van der Waals surface area contributed by atoms with Crippen molar-refractivity contribution in [2.24, 2.45) is 0 Å². The lowest BCUT2D eigenvalue weighted by atomic mass is 9.96. The molecule has 0 aromatic heterocycles. The molecule has 0 saturated heterocycles. The van der Waals surface area contributed by atoms with Crippen LogP contribution >= 0.6 is 0 Å². The predicted molar refractivity (Wildman–Crippen MR) is 96.5 cm³/mol. The number of carbonyl (C=O) groups is 3. The summed E-state index contributed by atoms with van der Waals surface area (Å²) >= 11 is 0. The van der Waals surface area contributed by atoms with Crippen molar-refractivity contribution in [2.75, 3.05) is 12.4 Å². The van der Waals surface area contributed by atoms with Crippen LogP contribution in [-0.4, -0.2) is 37.0 Å². The molecule has 1 fully saturated rings. The summed E-state index contributed by atoms with van der Waals surface area (Å²) in [6, 6.07) is 5.92. The van der Waals surface area contributed by atoms with Crippen molar-refractivity contribution in [1.29, 1.82) is 0 Å². The Hall–Kier alpha value is -2.57. The normalized spacial score (nSPS) is 15.8. The summed E-state index contributed by atoms with van der Waals surface area (Å²) in [7, 11) is 1.56. The summed E-state index contributed by atoms with van der Waals surface area (Å²) in [5.74, 6) is -0.619. The number of rotatable bonds is 5. The van der Waals surface area contributed by atoms with Gasteiger partial charge in [0.05, 0.1) is 0 Å². The first kappa shape index (κ1) is 18.8. The van der Waals surface area contributed by atoms with Crippen molar-refractivity contribution in [3.63, 3.8) is 0 Å². The average molecular weight is 346 g/mol. The number of nitrogens with one attached hydrogen (secondary N) is 4. The highest BCUT2D eigenvalue weighted by Crippen LogP contribution is 2.17. The molecule has 0 radical (unpaired) electrons. The van der Waals surface area contributed by atoms with E-state index in [1.54, 1.807) is 38.2 Å². The molecule has 1 aromatic rings. The zero-order valence-electron chi connectivity index (χ0n) is 14.7. The van der Waals surface area contributed by atoms with E-state index in [1.807, 2.05) is 0 Å². The molecule has 2 rings (SSSR count). The minimum Gasteiger partial charge on any atom is -0.374 e. The van der Waals surface area contributed by atoms with Crippen molar-refractivity contribution in [3.05, 3.63) is 29.8 Å². The second-order valence-electron chi connectivity index (χ2n) is 6.32. The Labute approximate surface area is 147 Å². The molecule has 7 nitrogen and oxygen atoms in total. The number of hydrogen-bond donors (Lipinski definition) is 4. The Bertz CT molecular complexity index is 627. The molecular weight excluding hydrogens is 320 g/mol. The van der Waals surface area contributed by atoms with Gasteiger partial charge in [-0.25, -0.2) is 4.79 Å². The third-order valence-electron chi connectivity index (χ3n) is 4.31. The minimum atomic E-state index is -0.614. The molecule has 136 valence electrons. The molecular formula is C18H26N4O3. The highest BCUT2D eigenvalue weighted by Gasteiger charge is 2.19. The summed E-state index contributed by atoms with van der Waals surface area (Å²) in [5, 5.41) is 10.8. The van der Waals surface area contributed by atoms with Crippen LogP contribution in [0.3, 0.4) is 0 Å². The van der Waals surface area contributed by atoms with E-state index in [4.69, 9.17) is 0 Å². The van der Waals surface area contributed by atoms with E-state index in [0.717, 1.165) is 25.7 Å². The lowest BCUT2D eigenvalue weighted by Crippen LogP contribution is -2.49. The molecule has 0 heterocycles. The van der Waals surface area contributed by atoms with Crippen LogP contribution in [0.4, 0.5) is 10.5 Å². The third-order valence-corrected chi connectivity index (χ3v) is 4.31. The maximum atomic E-state index is 12.2. The SMILES string of the molecule is CNC(=O)c1cccc(NC(C)C(=O)NC(=O)NC2CCCCC2)c1. The van der Waals surface area contributed by atoms with Gasteiger partial charge in [0.25, 0.3) is 5.91 Å². The van der Waals surface area contributed by atoms with Crippen molar-refractivity contribution in [1.82, 2.24) is 16.0 Å². The quantitative estimate of drug-likeness (QED) is 0.655. The fourth-order valence-corrected chi connectivity index (χ4v) is 2.90. The number of carbonyl (C=O) groups excluding carboxylic acids is 3. The Morgan fingerprint density at radius 1 is 1.12 bits per heavy atom. The van der Waals surface area contributed by atoms with E-state index < -0.39 is 18.0 Å². The van der Waals surface area contributed by atoms with E-state index in [0.29, 0.717) is 11.3 Å². The van der Waals surface area contributed by atoms with Crippen molar-refractivity contribution in [3.8, 4) is 0 Å². The van der Waals surface area contributed by atoms with Crippen molar-refractivity contribution < 1.29 is 14.4 Å². The van der Waals surface area contributed by atoms with Crippen LogP contribution in [0.5, 0.6) is 0 Å². The Balaban J connectivity index is 1.85. The first-order chi connectivity index (χ1) is 12.0. The van der Waals surface area contributed by atoms with Crippen LogP contribution < -0.4 is 21.3 Å². The van der Waals surface area contributed by atoms with Gasteiger partial charge in [-0.05, 0) is 38.0 Å². The van der Waals surface area contributed by atoms with Crippen LogP contribution in [0.25, 0.3) is 0 Å². The fourth-order valence-electron chi connectivity index (χ4n) is 2.90. The van der Waals surface area contributed by atoms with Gasteiger partial charge in [0.2, 0.25) is 5.91 Å². The minimum absolute atomic E-state index is 0.147. The molecule has 1 aromatic carbocycles. The fraction of sp³-hybridized carbons (Fsp3) is 0.500. The van der Waals surface area contributed by atoms with Gasteiger partial charge >= 0.3 is 6.03 Å². The zero-order valence-corrected chi connectivity index (χ0v) is 14.7. The van der Waals surface area contributed by atoms with Gasteiger partial charge in [-0.3, -0.25) is 14.9 Å². The van der Waals surface area contributed by atoms with Crippen LogP contribution in [0, 0.1) is 0 Å². The molecule has 7 heteroatoms. The third kappa shape index (κ3) is 5.77. The summed E-state index contributed by atoms with van der Waals surface area (Å²) < 4.78 is 0. The van der Waals surface area contributed by atoms with Crippen molar-refractivity contribution >= 4 is 23.5 Å². The molecule has 1 aliphatic rings. The number of hydrogen-bond acceptors (Lipinski definition) is 4. The number of anilines is 1. The van der Waals surface area contributed by atoms with Gasteiger partial charge in [0.1, 0.15) is 6.04 Å². The second kappa shape index (κ2) is 9.05. The molecule has 4 N–H and O–H groups in total. The van der Waals surface area contributed by atoms with E-state index in [2.05, 4.69) is 21.3 Å². The zero-order chi connectivity index (χ0) is 18.2. The molecule has 25 heavy (non-hydrogen) atoms. The maximum Gasteiger partial charge on any atom is 0.321 e. The summed E-state index contributed by atoms with van der Waals surface area (Å²) in [5.41, 5.74) is 1.13. The van der Waals surface area contributed by atoms with Crippen molar-refractivity contribution in [2.45, 2.75) is 51.1 Å². The summed E-state index contributed by atoms with van der Waals surface area (Å²) in [4.78, 5) is 35.7. The van der Waals surface area contributed by atoms with Gasteiger partial charge in [-0.2, -0.15) is 0 Å². The van der Waals surface area contributed by atoms with Crippen LogP contribution in [0.1, 0.15) is 49.4 Å². The van der Waals surface area contributed by atoms with E-state index in [1.165, 1.54) is 6.42 Å². The van der Waals surface area contributed by atoms with Gasteiger partial charge in [-0.1, -0.05) is 25.3 Å². The molecule has 1 atom stereocenters. The number of urea groups is 1.